The van der Waals surface area contributed by atoms with Crippen LogP contribution in [-0.2, 0) is 0 Å². The van der Waals surface area contributed by atoms with Crippen molar-refractivity contribution in [2.75, 3.05) is 5.32 Å². The second-order valence-corrected chi connectivity index (χ2v) is 3.61. The van der Waals surface area contributed by atoms with Gasteiger partial charge in [-0.25, -0.2) is 4.79 Å². The van der Waals surface area contributed by atoms with Crippen molar-refractivity contribution in [3.8, 4) is 0 Å². The maximum atomic E-state index is 10.6. The summed E-state index contributed by atoms with van der Waals surface area (Å²) in [4.78, 5) is 20.4. The molecule has 80 valence electrons. The number of nitrogens with zero attached hydrogens (tertiary/aromatic N) is 1. The number of carboxylic acid groups (broad SMARTS) is 1. The molecule has 1 rings (SSSR count). The Morgan fingerprint density at radius 3 is 2.67 bits per heavy atom. The van der Waals surface area contributed by atoms with E-state index in [2.05, 4.69) is 21.2 Å². The molecule has 0 aliphatic rings. The maximum absolute atomic E-state index is 10.6. The monoisotopic (exact) mass is 274 g/mol. The zero-order valence-electron chi connectivity index (χ0n) is 7.65. The summed E-state index contributed by atoms with van der Waals surface area (Å²) in [5.41, 5.74) is 0.599. The first-order valence-corrected chi connectivity index (χ1v) is 4.65. The van der Waals surface area contributed by atoms with Crippen LogP contribution in [0.4, 0.5) is 16.2 Å². The third-order valence-electron chi connectivity index (χ3n) is 1.68. The average Bonchev–Trinajstić information content (AvgIpc) is 2.09. The van der Waals surface area contributed by atoms with Gasteiger partial charge in [0.15, 0.2) is 0 Å². The Bertz CT molecular complexity index is 433. The smallest absolute Gasteiger partial charge is 0.409 e. The molecule has 0 aromatic heterocycles. The molecule has 2 N–H and O–H groups in total. The minimum Gasteiger partial charge on any atom is -0.465 e. The van der Waals surface area contributed by atoms with Crippen LogP contribution >= 0.6 is 15.9 Å². The van der Waals surface area contributed by atoms with E-state index in [1.165, 1.54) is 6.07 Å². The lowest BCUT2D eigenvalue weighted by Gasteiger charge is -2.04. The number of benzene rings is 1. The van der Waals surface area contributed by atoms with Crippen molar-refractivity contribution >= 4 is 33.4 Å². The molecule has 0 atom stereocenters. The number of amides is 1. The van der Waals surface area contributed by atoms with Crippen LogP contribution in [0.15, 0.2) is 16.6 Å². The molecule has 0 heterocycles. The van der Waals surface area contributed by atoms with Crippen molar-refractivity contribution in [3.05, 3.63) is 32.3 Å². The number of nitrogens with one attached hydrogen (secondary N) is 1. The molecule has 0 aliphatic heterocycles. The lowest BCUT2D eigenvalue weighted by Crippen LogP contribution is -2.07. The zero-order valence-corrected chi connectivity index (χ0v) is 9.24. The summed E-state index contributed by atoms with van der Waals surface area (Å²) in [6, 6.07) is 2.66. The fourth-order valence-corrected chi connectivity index (χ4v) is 1.45. The van der Waals surface area contributed by atoms with Crippen LogP contribution in [0.25, 0.3) is 0 Å². The predicted octanol–water partition coefficient (Wildman–Crippen LogP) is 2.76. The van der Waals surface area contributed by atoms with E-state index in [1.54, 1.807) is 6.92 Å². The Hall–Kier alpha value is -1.63. The summed E-state index contributed by atoms with van der Waals surface area (Å²) in [6.07, 6.45) is -1.26. The molecule has 0 saturated carbocycles. The van der Waals surface area contributed by atoms with Crippen molar-refractivity contribution in [2.45, 2.75) is 6.92 Å². The van der Waals surface area contributed by atoms with Crippen molar-refractivity contribution in [3.63, 3.8) is 0 Å². The molecular formula is C8H7BrN2O4. The van der Waals surface area contributed by atoms with Gasteiger partial charge in [-0.1, -0.05) is 0 Å². The number of halogens is 1. The minimum absolute atomic E-state index is 0.168. The number of carbonyl (C=O) groups is 1. The molecule has 6 nitrogen and oxygen atoms in total. The van der Waals surface area contributed by atoms with Gasteiger partial charge in [-0.15, -0.1) is 0 Å². The van der Waals surface area contributed by atoms with Crippen molar-refractivity contribution in [1.82, 2.24) is 0 Å². The van der Waals surface area contributed by atoms with Gasteiger partial charge in [0.05, 0.1) is 15.1 Å². The maximum Gasteiger partial charge on any atom is 0.409 e. The third-order valence-corrected chi connectivity index (χ3v) is 2.71. The normalized spacial score (nSPS) is 9.73. The number of rotatable bonds is 2. The van der Waals surface area contributed by atoms with Crippen LogP contribution < -0.4 is 5.32 Å². The predicted molar refractivity (Wildman–Crippen MR) is 57.2 cm³/mol. The van der Waals surface area contributed by atoms with Crippen molar-refractivity contribution in [2.24, 2.45) is 0 Å². The Labute approximate surface area is 93.2 Å². The molecular weight excluding hydrogens is 268 g/mol. The summed E-state index contributed by atoms with van der Waals surface area (Å²) in [6.45, 7) is 1.64. The highest BCUT2D eigenvalue weighted by molar-refractivity contribution is 9.10. The van der Waals surface area contributed by atoms with Gasteiger partial charge in [-0.3, -0.25) is 15.4 Å². The molecule has 0 aliphatic carbocycles. The second kappa shape index (κ2) is 4.26. The van der Waals surface area contributed by atoms with Gasteiger partial charge < -0.3 is 5.11 Å². The summed E-state index contributed by atoms with van der Waals surface area (Å²) in [7, 11) is 0. The van der Waals surface area contributed by atoms with Gasteiger partial charge in [-0.2, -0.15) is 0 Å². The van der Waals surface area contributed by atoms with Crippen LogP contribution in [0.2, 0.25) is 0 Å². The zero-order chi connectivity index (χ0) is 11.6. The van der Waals surface area contributed by atoms with Crippen LogP contribution in [0.5, 0.6) is 0 Å². The van der Waals surface area contributed by atoms with Crippen LogP contribution in [-0.4, -0.2) is 16.1 Å². The minimum atomic E-state index is -1.26. The van der Waals surface area contributed by atoms with Crippen LogP contribution in [0.1, 0.15) is 5.56 Å². The van der Waals surface area contributed by atoms with E-state index in [4.69, 9.17) is 5.11 Å². The number of hydrogen-bond acceptors (Lipinski definition) is 3. The Morgan fingerprint density at radius 2 is 2.20 bits per heavy atom. The number of hydrogen-bond donors (Lipinski definition) is 2. The number of nitro groups is 1. The van der Waals surface area contributed by atoms with Gasteiger partial charge in [0, 0.05) is 6.07 Å². The number of nitro benzene ring substituents is 1. The Balaban J connectivity index is 3.23. The van der Waals surface area contributed by atoms with E-state index in [9.17, 15) is 14.9 Å². The topological polar surface area (TPSA) is 92.5 Å². The average molecular weight is 275 g/mol. The first-order valence-electron chi connectivity index (χ1n) is 3.86. The third kappa shape index (κ3) is 2.66. The molecule has 0 bridgehead atoms. The molecule has 0 fully saturated rings. The van der Waals surface area contributed by atoms with E-state index < -0.39 is 11.0 Å². The van der Waals surface area contributed by atoms with Gasteiger partial charge >= 0.3 is 6.09 Å². The first-order chi connectivity index (χ1) is 6.91. The van der Waals surface area contributed by atoms with E-state index in [1.807, 2.05) is 0 Å². The summed E-state index contributed by atoms with van der Waals surface area (Å²) < 4.78 is 0.350. The molecule has 0 saturated heterocycles. The summed E-state index contributed by atoms with van der Waals surface area (Å²) in [5, 5.41) is 21.1. The van der Waals surface area contributed by atoms with Gasteiger partial charge in [-0.05, 0) is 34.5 Å². The molecule has 7 heteroatoms. The lowest BCUT2D eigenvalue weighted by atomic mass is 10.2. The molecule has 0 radical (unpaired) electrons. The van der Waals surface area contributed by atoms with Crippen LogP contribution in [0, 0.1) is 17.0 Å². The largest absolute Gasteiger partial charge is 0.465 e. The first kappa shape index (κ1) is 11.4. The molecule has 15 heavy (non-hydrogen) atoms. The Kier molecular flexibility index (Phi) is 3.25. The molecule has 1 aromatic carbocycles. The van der Waals surface area contributed by atoms with E-state index in [0.29, 0.717) is 10.0 Å². The highest BCUT2D eigenvalue weighted by Gasteiger charge is 2.16. The van der Waals surface area contributed by atoms with Crippen molar-refractivity contribution in [1.29, 1.82) is 0 Å². The standard InChI is InChI=1S/C8H7BrN2O4/c1-4-2-5(10-8(12)13)3-6(7(4)9)11(14)15/h2-3,10H,1H3,(H,12,13). The van der Waals surface area contributed by atoms with Gasteiger partial charge in [0.1, 0.15) is 0 Å². The van der Waals surface area contributed by atoms with Gasteiger partial charge in [0.25, 0.3) is 5.69 Å². The van der Waals surface area contributed by atoms with E-state index in [-0.39, 0.29) is 11.4 Å². The van der Waals surface area contributed by atoms with Crippen LogP contribution in [0.3, 0.4) is 0 Å². The fraction of sp³-hybridized carbons (Fsp3) is 0.125. The SMILES string of the molecule is Cc1cc(NC(=O)O)cc([N+](=O)[O-])c1Br. The molecule has 0 unspecified atom stereocenters. The highest BCUT2D eigenvalue weighted by atomic mass is 79.9. The number of aryl methyl sites for hydroxylation is 1. The molecule has 1 aromatic rings. The Morgan fingerprint density at radius 1 is 1.60 bits per heavy atom. The molecule has 1 amide bonds. The van der Waals surface area contributed by atoms with E-state index >= 15 is 0 Å². The van der Waals surface area contributed by atoms with Gasteiger partial charge in [0.2, 0.25) is 0 Å². The summed E-state index contributed by atoms with van der Waals surface area (Å²) in [5.74, 6) is 0. The quantitative estimate of drug-likeness (QED) is 0.641. The number of anilines is 1. The fourth-order valence-electron chi connectivity index (χ4n) is 1.08. The second-order valence-electron chi connectivity index (χ2n) is 2.81. The van der Waals surface area contributed by atoms with E-state index in [0.717, 1.165) is 6.07 Å². The molecule has 0 spiro atoms. The lowest BCUT2D eigenvalue weighted by molar-refractivity contribution is -0.385. The summed E-state index contributed by atoms with van der Waals surface area (Å²) >= 11 is 3.06. The highest BCUT2D eigenvalue weighted by Crippen LogP contribution is 2.31. The van der Waals surface area contributed by atoms with Crippen molar-refractivity contribution < 1.29 is 14.8 Å².